The smallest absolute Gasteiger partial charge is 0.277 e. The molecule has 3 aromatic rings. The Bertz CT molecular complexity index is 1320. The SMILES string of the molecule is CCOc1cc(/C=N\NC(=O)COc2ccc(C3SCCS3)cc2)cc(Cl)c1OCc1ccccc1C#N. The van der Waals surface area contributed by atoms with Crippen LogP contribution in [0, 0.1) is 11.3 Å². The summed E-state index contributed by atoms with van der Waals surface area (Å²) in [5.41, 5.74) is 5.60. The van der Waals surface area contributed by atoms with Gasteiger partial charge in [-0.25, -0.2) is 5.43 Å². The topological polar surface area (TPSA) is 92.9 Å². The van der Waals surface area contributed by atoms with E-state index in [9.17, 15) is 10.1 Å². The maximum Gasteiger partial charge on any atom is 0.277 e. The van der Waals surface area contributed by atoms with Gasteiger partial charge in [-0.3, -0.25) is 4.79 Å². The molecule has 1 N–H and O–H groups in total. The Morgan fingerprint density at radius 2 is 1.89 bits per heavy atom. The van der Waals surface area contributed by atoms with Gasteiger partial charge < -0.3 is 14.2 Å². The molecule has 10 heteroatoms. The van der Waals surface area contributed by atoms with E-state index in [1.165, 1.54) is 23.3 Å². The Balaban J connectivity index is 1.32. The highest BCUT2D eigenvalue weighted by atomic mass is 35.5. The van der Waals surface area contributed by atoms with Crippen molar-refractivity contribution in [3.05, 3.63) is 87.9 Å². The zero-order valence-corrected chi connectivity index (χ0v) is 23.1. The number of thioether (sulfide) groups is 2. The minimum Gasteiger partial charge on any atom is -0.490 e. The van der Waals surface area contributed by atoms with Crippen molar-refractivity contribution >= 4 is 47.2 Å². The highest BCUT2D eigenvalue weighted by Crippen LogP contribution is 2.45. The second kappa shape index (κ2) is 14.0. The summed E-state index contributed by atoms with van der Waals surface area (Å²) in [5, 5.41) is 13.6. The maximum absolute atomic E-state index is 12.2. The van der Waals surface area contributed by atoms with Crippen LogP contribution in [-0.4, -0.2) is 36.8 Å². The van der Waals surface area contributed by atoms with Gasteiger partial charge in [0.25, 0.3) is 5.91 Å². The first-order chi connectivity index (χ1) is 18.6. The van der Waals surface area contributed by atoms with E-state index >= 15 is 0 Å². The highest BCUT2D eigenvalue weighted by molar-refractivity contribution is 8.19. The first-order valence-electron chi connectivity index (χ1n) is 11.9. The van der Waals surface area contributed by atoms with Crippen LogP contribution in [-0.2, 0) is 11.4 Å². The third kappa shape index (κ3) is 7.60. The summed E-state index contributed by atoms with van der Waals surface area (Å²) in [6.45, 7) is 2.25. The molecule has 3 aromatic carbocycles. The molecule has 196 valence electrons. The van der Waals surface area contributed by atoms with Crippen LogP contribution in [0.15, 0.2) is 65.8 Å². The van der Waals surface area contributed by atoms with Gasteiger partial charge >= 0.3 is 0 Å². The van der Waals surface area contributed by atoms with Crippen LogP contribution in [0.2, 0.25) is 5.02 Å². The number of ether oxygens (including phenoxy) is 3. The minimum atomic E-state index is -0.389. The number of hydrazone groups is 1. The molecule has 0 saturated carbocycles. The monoisotopic (exact) mass is 567 g/mol. The Hall–Kier alpha value is -3.32. The summed E-state index contributed by atoms with van der Waals surface area (Å²) in [7, 11) is 0. The Kier molecular flexibility index (Phi) is 10.2. The first-order valence-corrected chi connectivity index (χ1v) is 14.4. The molecule has 0 spiro atoms. The lowest BCUT2D eigenvalue weighted by Crippen LogP contribution is -2.24. The molecule has 1 aliphatic heterocycles. The van der Waals surface area contributed by atoms with Crippen molar-refractivity contribution in [3.8, 4) is 23.3 Å². The molecule has 7 nitrogen and oxygen atoms in total. The number of carbonyl (C=O) groups excluding carboxylic acids is 1. The summed E-state index contributed by atoms with van der Waals surface area (Å²) >= 11 is 10.4. The van der Waals surface area contributed by atoms with Crippen LogP contribution in [0.25, 0.3) is 0 Å². The highest BCUT2D eigenvalue weighted by Gasteiger charge is 2.18. The van der Waals surface area contributed by atoms with Gasteiger partial charge in [0.2, 0.25) is 0 Å². The molecule has 0 aromatic heterocycles. The molecule has 0 unspecified atom stereocenters. The normalized spacial score (nSPS) is 13.3. The summed E-state index contributed by atoms with van der Waals surface area (Å²) in [6.07, 6.45) is 1.47. The van der Waals surface area contributed by atoms with Crippen molar-refractivity contribution in [3.63, 3.8) is 0 Å². The van der Waals surface area contributed by atoms with E-state index in [4.69, 9.17) is 25.8 Å². The number of nitrogens with zero attached hydrogens (tertiary/aromatic N) is 2. The molecule has 0 atom stereocenters. The third-order valence-electron chi connectivity index (χ3n) is 5.39. The molecule has 38 heavy (non-hydrogen) atoms. The van der Waals surface area contributed by atoms with Gasteiger partial charge in [-0.2, -0.15) is 10.4 Å². The van der Waals surface area contributed by atoms with E-state index in [-0.39, 0.29) is 19.1 Å². The zero-order valence-electron chi connectivity index (χ0n) is 20.7. The summed E-state index contributed by atoms with van der Waals surface area (Å²) in [5.74, 6) is 3.38. The van der Waals surface area contributed by atoms with Crippen molar-refractivity contribution in [2.24, 2.45) is 5.10 Å². The summed E-state index contributed by atoms with van der Waals surface area (Å²) in [4.78, 5) is 12.2. The Morgan fingerprint density at radius 1 is 1.13 bits per heavy atom. The van der Waals surface area contributed by atoms with Crippen LogP contribution < -0.4 is 19.6 Å². The lowest BCUT2D eigenvalue weighted by atomic mass is 10.1. The standard InChI is InChI=1S/C28H26ClN3O4S2/c1-2-34-25-14-19(13-24(29)27(25)36-17-22-6-4-3-5-21(22)15-30)16-31-32-26(33)18-35-23-9-7-20(8-10-23)28-37-11-12-38-28/h3-10,13-14,16,28H,2,11-12,17-18H2,1H3,(H,32,33)/b31-16-. The average molecular weight is 568 g/mol. The molecule has 0 radical (unpaired) electrons. The lowest BCUT2D eigenvalue weighted by molar-refractivity contribution is -0.123. The van der Waals surface area contributed by atoms with E-state index in [2.05, 4.69) is 16.6 Å². The van der Waals surface area contributed by atoms with Gasteiger partial charge in [-0.05, 0) is 48.4 Å². The van der Waals surface area contributed by atoms with Gasteiger partial charge in [0.15, 0.2) is 18.1 Å². The number of nitrogens with one attached hydrogen (secondary N) is 1. The molecular weight excluding hydrogens is 542 g/mol. The number of hydrogen-bond acceptors (Lipinski definition) is 8. The number of benzene rings is 3. The van der Waals surface area contributed by atoms with Crippen molar-refractivity contribution in [2.75, 3.05) is 24.7 Å². The van der Waals surface area contributed by atoms with Crippen LogP contribution in [0.3, 0.4) is 0 Å². The number of carbonyl (C=O) groups is 1. The fraction of sp³-hybridized carbons (Fsp3) is 0.250. The van der Waals surface area contributed by atoms with Crippen molar-refractivity contribution in [1.29, 1.82) is 5.26 Å². The lowest BCUT2D eigenvalue weighted by Gasteiger charge is -2.15. The van der Waals surface area contributed by atoms with Crippen LogP contribution >= 0.6 is 35.1 Å². The number of hydrogen-bond donors (Lipinski definition) is 1. The molecular formula is C28H26ClN3O4S2. The minimum absolute atomic E-state index is 0.161. The van der Waals surface area contributed by atoms with Crippen LogP contribution in [0.4, 0.5) is 0 Å². The molecule has 1 heterocycles. The fourth-order valence-electron chi connectivity index (χ4n) is 3.60. The summed E-state index contributed by atoms with van der Waals surface area (Å²) < 4.78 is 17.7. The van der Waals surface area contributed by atoms with E-state index in [1.54, 1.807) is 24.3 Å². The molecule has 1 saturated heterocycles. The molecule has 4 rings (SSSR count). The second-order valence-electron chi connectivity index (χ2n) is 8.05. The Morgan fingerprint density at radius 3 is 2.63 bits per heavy atom. The summed E-state index contributed by atoms with van der Waals surface area (Å²) in [6, 6.07) is 20.6. The van der Waals surface area contributed by atoms with Crippen molar-refractivity contribution in [2.45, 2.75) is 18.1 Å². The molecule has 0 bridgehead atoms. The predicted molar refractivity (Wildman–Crippen MR) is 153 cm³/mol. The van der Waals surface area contributed by atoms with Gasteiger partial charge in [-0.1, -0.05) is 41.9 Å². The average Bonchev–Trinajstić information content (AvgIpc) is 3.47. The quantitative estimate of drug-likeness (QED) is 0.218. The van der Waals surface area contributed by atoms with E-state index in [1.807, 2.05) is 66.8 Å². The van der Waals surface area contributed by atoms with Gasteiger partial charge in [0, 0.05) is 17.1 Å². The number of rotatable bonds is 11. The zero-order chi connectivity index (χ0) is 26.7. The van der Waals surface area contributed by atoms with E-state index < -0.39 is 0 Å². The van der Waals surface area contributed by atoms with Crippen molar-refractivity contribution < 1.29 is 19.0 Å². The largest absolute Gasteiger partial charge is 0.490 e. The second-order valence-corrected chi connectivity index (χ2v) is 11.2. The van der Waals surface area contributed by atoms with E-state index in [0.717, 1.165) is 5.56 Å². The molecule has 1 fully saturated rings. The van der Waals surface area contributed by atoms with Crippen LogP contribution in [0.5, 0.6) is 17.2 Å². The van der Waals surface area contributed by atoms with E-state index in [0.29, 0.717) is 44.6 Å². The van der Waals surface area contributed by atoms with Gasteiger partial charge in [0.05, 0.1) is 34.1 Å². The van der Waals surface area contributed by atoms with Gasteiger partial charge in [0.1, 0.15) is 12.4 Å². The molecule has 1 aliphatic rings. The molecule has 0 aliphatic carbocycles. The Labute approximate surface area is 235 Å². The maximum atomic E-state index is 12.2. The predicted octanol–water partition coefficient (Wildman–Crippen LogP) is 6.20. The number of nitriles is 1. The fourth-order valence-corrected chi connectivity index (χ4v) is 6.74. The van der Waals surface area contributed by atoms with Crippen molar-refractivity contribution in [1.82, 2.24) is 5.43 Å². The van der Waals surface area contributed by atoms with Gasteiger partial charge in [-0.15, -0.1) is 23.5 Å². The van der Waals surface area contributed by atoms with Crippen LogP contribution in [0.1, 0.15) is 33.8 Å². The number of halogens is 1. The number of amides is 1. The first kappa shape index (κ1) is 27.7. The third-order valence-corrected chi connectivity index (χ3v) is 8.77. The molecule has 1 amide bonds.